The van der Waals surface area contributed by atoms with Gasteiger partial charge < -0.3 is 20.7 Å². The number of nitrogens with zero attached hydrogens (tertiary/aromatic N) is 3. The van der Waals surface area contributed by atoms with Crippen molar-refractivity contribution in [2.75, 3.05) is 26.7 Å². The number of halogens is 1. The highest BCUT2D eigenvalue weighted by atomic mass is 127. The molecule has 0 aliphatic carbocycles. The molecule has 0 aliphatic rings. The fraction of sp³-hybridized carbons (Fsp3) is 0.500. The summed E-state index contributed by atoms with van der Waals surface area (Å²) in [5.41, 5.74) is 2.86. The number of ether oxygens (including phenoxy) is 1. The first-order valence-corrected chi connectivity index (χ1v) is 10.3. The highest BCUT2D eigenvalue weighted by Gasteiger charge is 2.15. The van der Waals surface area contributed by atoms with Gasteiger partial charge in [0.15, 0.2) is 5.96 Å². The largest absolute Gasteiger partial charge is 0.444 e. The fourth-order valence-corrected chi connectivity index (χ4v) is 2.82. The number of aromatic nitrogens is 2. The Labute approximate surface area is 202 Å². The van der Waals surface area contributed by atoms with Gasteiger partial charge in [-0.2, -0.15) is 5.10 Å². The summed E-state index contributed by atoms with van der Waals surface area (Å²) in [6.07, 6.45) is 3.57. The van der Waals surface area contributed by atoms with Gasteiger partial charge in [-0.1, -0.05) is 18.2 Å². The molecule has 31 heavy (non-hydrogen) atoms. The number of aryl methyl sites for hydroxylation is 2. The van der Waals surface area contributed by atoms with Gasteiger partial charge in [0.25, 0.3) is 0 Å². The van der Waals surface area contributed by atoms with Gasteiger partial charge >= 0.3 is 6.09 Å². The van der Waals surface area contributed by atoms with Crippen LogP contribution in [0, 0.1) is 6.92 Å². The highest BCUT2D eigenvalue weighted by Crippen LogP contribution is 2.13. The lowest BCUT2D eigenvalue weighted by Gasteiger charge is -2.19. The molecular formula is C22H35IN6O2. The molecule has 0 aliphatic heterocycles. The van der Waals surface area contributed by atoms with Crippen LogP contribution in [0.15, 0.2) is 41.5 Å². The second-order valence-corrected chi connectivity index (χ2v) is 7.98. The maximum Gasteiger partial charge on any atom is 0.407 e. The van der Waals surface area contributed by atoms with Crippen LogP contribution in [0.1, 0.15) is 38.4 Å². The zero-order valence-electron chi connectivity index (χ0n) is 19.1. The van der Waals surface area contributed by atoms with E-state index >= 15 is 0 Å². The number of carbonyl (C=O) groups is 1. The number of hydrogen-bond donors (Lipinski definition) is 3. The van der Waals surface area contributed by atoms with Crippen LogP contribution >= 0.6 is 24.0 Å². The highest BCUT2D eigenvalue weighted by molar-refractivity contribution is 14.0. The lowest BCUT2D eigenvalue weighted by molar-refractivity contribution is 0.0529. The third-order valence-electron chi connectivity index (χ3n) is 4.25. The van der Waals surface area contributed by atoms with E-state index in [4.69, 9.17) is 4.74 Å². The zero-order chi connectivity index (χ0) is 22.0. The zero-order valence-corrected chi connectivity index (χ0v) is 21.4. The summed E-state index contributed by atoms with van der Waals surface area (Å²) in [5.74, 6) is 0.706. The van der Waals surface area contributed by atoms with E-state index in [-0.39, 0.29) is 24.0 Å². The lowest BCUT2D eigenvalue weighted by Crippen LogP contribution is -2.42. The van der Waals surface area contributed by atoms with Crippen molar-refractivity contribution >= 4 is 36.0 Å². The van der Waals surface area contributed by atoms with Crippen molar-refractivity contribution in [3.8, 4) is 5.69 Å². The monoisotopic (exact) mass is 542 g/mol. The van der Waals surface area contributed by atoms with Crippen LogP contribution in [0.25, 0.3) is 5.69 Å². The van der Waals surface area contributed by atoms with E-state index in [2.05, 4.69) is 32.2 Å². The van der Waals surface area contributed by atoms with Crippen molar-refractivity contribution < 1.29 is 9.53 Å². The molecule has 0 radical (unpaired) electrons. The average molecular weight is 542 g/mol. The number of alkyl carbamates (subject to hydrolysis) is 1. The maximum absolute atomic E-state index is 11.6. The average Bonchev–Trinajstić information content (AvgIpc) is 3.06. The summed E-state index contributed by atoms with van der Waals surface area (Å²) in [4.78, 5) is 15.8. The number of para-hydroxylation sites is 1. The Hall–Kier alpha value is -2.30. The quantitative estimate of drug-likeness (QED) is 0.206. The van der Waals surface area contributed by atoms with Crippen LogP contribution in [0.2, 0.25) is 0 Å². The Morgan fingerprint density at radius 3 is 2.39 bits per heavy atom. The van der Waals surface area contributed by atoms with Crippen molar-refractivity contribution in [2.24, 2.45) is 4.99 Å². The Morgan fingerprint density at radius 1 is 1.10 bits per heavy atom. The van der Waals surface area contributed by atoms with Crippen molar-refractivity contribution in [3.63, 3.8) is 0 Å². The third-order valence-corrected chi connectivity index (χ3v) is 4.25. The van der Waals surface area contributed by atoms with E-state index in [1.165, 1.54) is 5.56 Å². The van der Waals surface area contributed by atoms with Gasteiger partial charge in [-0.15, -0.1) is 24.0 Å². The van der Waals surface area contributed by atoms with Gasteiger partial charge in [0.05, 0.1) is 11.4 Å². The summed E-state index contributed by atoms with van der Waals surface area (Å²) in [7, 11) is 1.73. The summed E-state index contributed by atoms with van der Waals surface area (Å²) in [6.45, 7) is 9.35. The second kappa shape index (κ2) is 13.2. The van der Waals surface area contributed by atoms with Crippen molar-refractivity contribution in [2.45, 2.75) is 46.1 Å². The van der Waals surface area contributed by atoms with Gasteiger partial charge in [0, 0.05) is 32.9 Å². The predicted molar refractivity (Wildman–Crippen MR) is 136 cm³/mol. The van der Waals surface area contributed by atoms with Gasteiger partial charge in [0.1, 0.15) is 5.60 Å². The molecule has 0 spiro atoms. The second-order valence-electron chi connectivity index (χ2n) is 7.98. The SMILES string of the molecule is CN=C(NCCCc1cn(-c2ccccc2)nc1C)NCCNC(=O)OC(C)(C)C.I. The summed E-state index contributed by atoms with van der Waals surface area (Å²) >= 11 is 0. The molecule has 2 rings (SSSR count). The van der Waals surface area contributed by atoms with Crippen molar-refractivity contribution in [3.05, 3.63) is 47.8 Å². The molecule has 0 bridgehead atoms. The van der Waals surface area contributed by atoms with Crippen molar-refractivity contribution in [1.82, 2.24) is 25.7 Å². The molecule has 9 heteroatoms. The van der Waals surface area contributed by atoms with Gasteiger partial charge in [0.2, 0.25) is 0 Å². The van der Waals surface area contributed by atoms with Gasteiger partial charge in [-0.25, -0.2) is 9.48 Å². The normalized spacial score (nSPS) is 11.5. The minimum atomic E-state index is -0.495. The molecule has 2 aromatic rings. The topological polar surface area (TPSA) is 92.6 Å². The smallest absolute Gasteiger partial charge is 0.407 e. The van der Waals surface area contributed by atoms with E-state index in [0.717, 1.165) is 30.8 Å². The van der Waals surface area contributed by atoms with Crippen LogP contribution in [-0.4, -0.2) is 54.1 Å². The Balaban J connectivity index is 0.00000480. The standard InChI is InChI=1S/C22H34N6O2.HI/c1-17-18(16-28(27-17)19-11-7-6-8-12-19)10-9-13-24-20(23-5)25-14-15-26-21(29)30-22(2,3)4;/h6-8,11-12,16H,9-10,13-15H2,1-5H3,(H,26,29)(H2,23,24,25);1H. The van der Waals surface area contributed by atoms with E-state index in [0.29, 0.717) is 19.0 Å². The lowest BCUT2D eigenvalue weighted by atomic mass is 10.1. The molecular weight excluding hydrogens is 507 g/mol. The summed E-state index contributed by atoms with van der Waals surface area (Å²) in [5, 5.41) is 13.8. The minimum absolute atomic E-state index is 0. The summed E-state index contributed by atoms with van der Waals surface area (Å²) < 4.78 is 7.13. The predicted octanol–water partition coefficient (Wildman–Crippen LogP) is 3.42. The molecule has 0 saturated heterocycles. The molecule has 8 nitrogen and oxygen atoms in total. The Bertz CT molecular complexity index is 830. The molecule has 0 fully saturated rings. The number of rotatable bonds is 8. The van der Waals surface area contributed by atoms with Crippen LogP contribution in [0.4, 0.5) is 4.79 Å². The van der Waals surface area contributed by atoms with E-state index < -0.39 is 11.7 Å². The number of amides is 1. The maximum atomic E-state index is 11.6. The first kappa shape index (κ1) is 26.7. The Morgan fingerprint density at radius 2 is 1.74 bits per heavy atom. The van der Waals surface area contributed by atoms with Gasteiger partial charge in [-0.3, -0.25) is 4.99 Å². The molecule has 172 valence electrons. The van der Waals surface area contributed by atoms with Crippen LogP contribution < -0.4 is 16.0 Å². The number of aliphatic imine (C=N–C) groups is 1. The van der Waals surface area contributed by atoms with Crippen molar-refractivity contribution in [1.29, 1.82) is 0 Å². The first-order chi connectivity index (χ1) is 14.3. The first-order valence-electron chi connectivity index (χ1n) is 10.3. The van der Waals surface area contributed by atoms with E-state index in [1.54, 1.807) is 7.05 Å². The minimum Gasteiger partial charge on any atom is -0.444 e. The molecule has 1 aromatic carbocycles. The summed E-state index contributed by atoms with van der Waals surface area (Å²) in [6, 6.07) is 10.1. The van der Waals surface area contributed by atoms with E-state index in [1.807, 2.05) is 62.7 Å². The third kappa shape index (κ3) is 10.0. The van der Waals surface area contributed by atoms with E-state index in [9.17, 15) is 4.79 Å². The molecule has 0 saturated carbocycles. The van der Waals surface area contributed by atoms with Crippen LogP contribution in [0.3, 0.4) is 0 Å². The van der Waals surface area contributed by atoms with Gasteiger partial charge in [-0.05, 0) is 58.2 Å². The number of hydrogen-bond acceptors (Lipinski definition) is 4. The molecule has 0 unspecified atom stereocenters. The van der Waals surface area contributed by atoms with Crippen LogP contribution in [0.5, 0.6) is 0 Å². The number of guanidine groups is 1. The fourth-order valence-electron chi connectivity index (χ4n) is 2.82. The molecule has 1 amide bonds. The molecule has 0 atom stereocenters. The Kier molecular flexibility index (Phi) is 11.4. The molecule has 1 heterocycles. The van der Waals surface area contributed by atoms with Crippen LogP contribution in [-0.2, 0) is 11.2 Å². The molecule has 3 N–H and O–H groups in total. The number of nitrogens with one attached hydrogen (secondary N) is 3. The number of benzene rings is 1. The molecule has 1 aromatic heterocycles. The number of carbonyl (C=O) groups excluding carboxylic acids is 1.